The maximum Gasteiger partial charge on any atom is 0.433 e. The lowest BCUT2D eigenvalue weighted by molar-refractivity contribution is -0.402. The van der Waals surface area contributed by atoms with Crippen molar-refractivity contribution in [3.63, 3.8) is 0 Å². The number of rotatable bonds is 5. The molecule has 0 bridgehead atoms. The summed E-state index contributed by atoms with van der Waals surface area (Å²) in [7, 11) is 0. The number of benzene rings is 1. The summed E-state index contributed by atoms with van der Waals surface area (Å²) >= 11 is 1.39. The van der Waals surface area contributed by atoms with Crippen molar-refractivity contribution in [2.45, 2.75) is 13.3 Å². The van der Waals surface area contributed by atoms with Crippen molar-refractivity contribution in [3.8, 4) is 10.6 Å². The Morgan fingerprint density at radius 3 is 2.93 bits per heavy atom. The Morgan fingerprint density at radius 2 is 2.19 bits per heavy atom. The molecule has 0 aliphatic rings. The topological polar surface area (TPSA) is 128 Å². The van der Waals surface area contributed by atoms with Crippen molar-refractivity contribution in [2.75, 3.05) is 5.32 Å². The number of hydrogen-bond donors (Lipinski definition) is 1. The molecule has 136 valence electrons. The van der Waals surface area contributed by atoms with Crippen LogP contribution in [-0.2, 0) is 6.42 Å². The zero-order valence-corrected chi connectivity index (χ0v) is 14.8. The number of hydrogen-bond acceptors (Lipinski definition) is 8. The molecule has 1 amide bonds. The smallest absolute Gasteiger partial charge is 0.395 e. The molecule has 1 N–H and O–H groups in total. The lowest BCUT2D eigenvalue weighted by Crippen LogP contribution is -2.10. The van der Waals surface area contributed by atoms with E-state index in [1.807, 2.05) is 13.0 Å². The molecule has 1 aromatic carbocycles. The molecule has 11 heteroatoms. The van der Waals surface area contributed by atoms with Gasteiger partial charge in [0.2, 0.25) is 4.96 Å². The molecule has 0 fully saturated rings. The van der Waals surface area contributed by atoms with Crippen molar-refractivity contribution in [1.29, 1.82) is 0 Å². The summed E-state index contributed by atoms with van der Waals surface area (Å²) in [6.07, 6.45) is 0.718. The molecule has 27 heavy (non-hydrogen) atoms. The molecule has 0 aliphatic carbocycles. The highest BCUT2D eigenvalue weighted by Crippen LogP contribution is 2.28. The van der Waals surface area contributed by atoms with E-state index in [1.54, 1.807) is 22.7 Å². The number of carbonyl (C=O) groups is 1. The number of furan rings is 1. The predicted octanol–water partition coefficient (Wildman–Crippen LogP) is 3.17. The van der Waals surface area contributed by atoms with E-state index in [9.17, 15) is 14.9 Å². The lowest BCUT2D eigenvalue weighted by Gasteiger charge is -2.04. The fourth-order valence-corrected chi connectivity index (χ4v) is 3.32. The van der Waals surface area contributed by atoms with Crippen LogP contribution in [0.1, 0.15) is 23.3 Å². The first kappa shape index (κ1) is 16.8. The molecular weight excluding hydrogens is 372 g/mol. The van der Waals surface area contributed by atoms with Gasteiger partial charge in [-0.2, -0.15) is 9.61 Å². The minimum absolute atomic E-state index is 0.140. The number of aryl methyl sites for hydroxylation is 1. The molecule has 10 nitrogen and oxygen atoms in total. The van der Waals surface area contributed by atoms with E-state index >= 15 is 0 Å². The van der Waals surface area contributed by atoms with Gasteiger partial charge < -0.3 is 9.73 Å². The normalized spacial score (nSPS) is 11.0. The van der Waals surface area contributed by atoms with Crippen LogP contribution in [0.25, 0.3) is 15.5 Å². The predicted molar refractivity (Wildman–Crippen MR) is 96.8 cm³/mol. The van der Waals surface area contributed by atoms with Gasteiger partial charge >= 0.3 is 5.88 Å². The Labute approximate surface area is 155 Å². The largest absolute Gasteiger partial charge is 0.433 e. The van der Waals surface area contributed by atoms with Crippen molar-refractivity contribution >= 4 is 33.8 Å². The summed E-state index contributed by atoms with van der Waals surface area (Å²) in [5, 5.41) is 26.7. The third-order valence-electron chi connectivity index (χ3n) is 3.73. The van der Waals surface area contributed by atoms with E-state index in [0.29, 0.717) is 10.6 Å². The molecule has 0 radical (unpaired) electrons. The molecule has 0 unspecified atom stereocenters. The third kappa shape index (κ3) is 3.15. The molecule has 0 spiro atoms. The SMILES string of the molecule is CCc1nnc2sc(-c3cccc(NC(=O)c4ccc([N+](=O)[O-])o4)c3)nn12. The summed E-state index contributed by atoms with van der Waals surface area (Å²) < 4.78 is 6.61. The van der Waals surface area contributed by atoms with Crippen LogP contribution >= 0.6 is 11.3 Å². The number of nitrogens with one attached hydrogen (secondary N) is 1. The second kappa shape index (κ2) is 6.61. The van der Waals surface area contributed by atoms with Crippen molar-refractivity contribution < 1.29 is 14.1 Å². The molecule has 3 heterocycles. The number of nitrogens with zero attached hydrogens (tertiary/aromatic N) is 5. The first-order valence-electron chi connectivity index (χ1n) is 7.92. The average Bonchev–Trinajstić information content (AvgIpc) is 3.37. The number of carbonyl (C=O) groups excluding carboxylic acids is 1. The number of fused-ring (bicyclic) bond motifs is 1. The Morgan fingerprint density at radius 1 is 1.33 bits per heavy atom. The molecular formula is C16H12N6O4S. The molecule has 4 aromatic rings. The highest BCUT2D eigenvalue weighted by Gasteiger charge is 2.18. The molecule has 4 rings (SSSR count). The standard InChI is InChI=1S/C16H12N6O4S/c1-2-12-18-19-16-21(12)20-15(27-16)9-4-3-5-10(8-9)17-14(23)11-6-7-13(26-11)22(24)25/h3-8H,2H2,1H3,(H,17,23). The van der Waals surface area contributed by atoms with E-state index in [4.69, 9.17) is 4.42 Å². The van der Waals surface area contributed by atoms with Crippen LogP contribution in [0.5, 0.6) is 0 Å². The van der Waals surface area contributed by atoms with E-state index in [1.165, 1.54) is 17.4 Å². The van der Waals surface area contributed by atoms with Gasteiger partial charge in [-0.05, 0) is 18.2 Å². The van der Waals surface area contributed by atoms with Gasteiger partial charge in [0.1, 0.15) is 9.93 Å². The highest BCUT2D eigenvalue weighted by atomic mass is 32.1. The zero-order valence-electron chi connectivity index (χ0n) is 13.9. The van der Waals surface area contributed by atoms with Crippen LogP contribution in [-0.4, -0.2) is 30.6 Å². The molecule has 0 saturated carbocycles. The number of amides is 1. The number of anilines is 1. The van der Waals surface area contributed by atoms with Gasteiger partial charge in [-0.25, -0.2) is 0 Å². The Bertz CT molecular complexity index is 1160. The lowest BCUT2D eigenvalue weighted by atomic mass is 10.2. The summed E-state index contributed by atoms with van der Waals surface area (Å²) in [5.74, 6) is -0.429. The van der Waals surface area contributed by atoms with Crippen LogP contribution < -0.4 is 5.32 Å². The minimum atomic E-state index is -0.699. The second-order valence-corrected chi connectivity index (χ2v) is 6.46. The van der Waals surface area contributed by atoms with Crippen LogP contribution in [0.3, 0.4) is 0 Å². The van der Waals surface area contributed by atoms with Gasteiger partial charge in [0.05, 0.1) is 6.07 Å². The number of aromatic nitrogens is 4. The van der Waals surface area contributed by atoms with E-state index in [-0.39, 0.29) is 5.76 Å². The van der Waals surface area contributed by atoms with Crippen molar-refractivity contribution in [3.05, 3.63) is 58.1 Å². The highest BCUT2D eigenvalue weighted by molar-refractivity contribution is 7.19. The monoisotopic (exact) mass is 384 g/mol. The first-order valence-corrected chi connectivity index (χ1v) is 8.74. The maximum absolute atomic E-state index is 12.2. The van der Waals surface area contributed by atoms with Gasteiger partial charge in [-0.3, -0.25) is 14.9 Å². The second-order valence-electron chi connectivity index (χ2n) is 5.50. The van der Waals surface area contributed by atoms with Gasteiger partial charge in [0.25, 0.3) is 5.91 Å². The fraction of sp³-hybridized carbons (Fsp3) is 0.125. The molecule has 3 aromatic heterocycles. The molecule has 0 saturated heterocycles. The maximum atomic E-state index is 12.2. The quantitative estimate of drug-likeness (QED) is 0.413. The summed E-state index contributed by atoms with van der Waals surface area (Å²) in [4.78, 5) is 22.9. The van der Waals surface area contributed by atoms with Crippen LogP contribution in [0.4, 0.5) is 11.6 Å². The van der Waals surface area contributed by atoms with Gasteiger partial charge in [-0.15, -0.1) is 10.2 Å². The van der Waals surface area contributed by atoms with Gasteiger partial charge in [0.15, 0.2) is 11.6 Å². The summed E-state index contributed by atoms with van der Waals surface area (Å²) in [6.45, 7) is 1.98. The summed E-state index contributed by atoms with van der Waals surface area (Å²) in [6, 6.07) is 9.49. The van der Waals surface area contributed by atoms with Crippen molar-refractivity contribution in [1.82, 2.24) is 19.8 Å². The third-order valence-corrected chi connectivity index (χ3v) is 4.68. The van der Waals surface area contributed by atoms with Crippen LogP contribution in [0.2, 0.25) is 0 Å². The van der Waals surface area contributed by atoms with Crippen molar-refractivity contribution in [2.24, 2.45) is 0 Å². The van der Waals surface area contributed by atoms with Gasteiger partial charge in [-0.1, -0.05) is 30.4 Å². The van der Waals surface area contributed by atoms with E-state index in [0.717, 1.165) is 28.9 Å². The average molecular weight is 384 g/mol. The summed E-state index contributed by atoms with van der Waals surface area (Å²) in [5.41, 5.74) is 1.31. The Balaban J connectivity index is 1.58. The van der Waals surface area contributed by atoms with Gasteiger partial charge in [0, 0.05) is 17.7 Å². The Hall–Kier alpha value is -3.60. The number of nitro groups is 1. The van der Waals surface area contributed by atoms with E-state index in [2.05, 4.69) is 20.6 Å². The Kier molecular flexibility index (Phi) is 4.12. The van der Waals surface area contributed by atoms with Crippen LogP contribution in [0.15, 0.2) is 40.8 Å². The van der Waals surface area contributed by atoms with Crippen LogP contribution in [0, 0.1) is 10.1 Å². The molecule has 0 atom stereocenters. The van der Waals surface area contributed by atoms with E-state index < -0.39 is 16.7 Å². The first-order chi connectivity index (χ1) is 13.0. The zero-order chi connectivity index (χ0) is 19.0. The molecule has 0 aliphatic heterocycles. The minimum Gasteiger partial charge on any atom is -0.395 e. The fourth-order valence-electron chi connectivity index (χ4n) is 2.47.